The Morgan fingerprint density at radius 2 is 1.87 bits per heavy atom. The quantitative estimate of drug-likeness (QED) is 0.700. The molecule has 1 aliphatic rings. The van der Waals surface area contributed by atoms with Crippen LogP contribution in [0.3, 0.4) is 0 Å². The first kappa shape index (κ1) is 17.0. The van der Waals surface area contributed by atoms with E-state index in [0.29, 0.717) is 4.08 Å². The van der Waals surface area contributed by atoms with Crippen molar-refractivity contribution in [2.45, 2.75) is 49.7 Å². The van der Waals surface area contributed by atoms with Gasteiger partial charge in [0.1, 0.15) is 0 Å². The summed E-state index contributed by atoms with van der Waals surface area (Å²) in [5.41, 5.74) is 2.95. The van der Waals surface area contributed by atoms with Crippen LogP contribution in [0.4, 0.5) is 0 Å². The van der Waals surface area contributed by atoms with Gasteiger partial charge in [0.25, 0.3) is 0 Å². The van der Waals surface area contributed by atoms with Crippen molar-refractivity contribution in [1.82, 2.24) is 9.55 Å². The number of hydrogen-bond donors (Lipinski definition) is 0. The highest BCUT2D eigenvalue weighted by Gasteiger charge is 2.33. The second-order valence-electron chi connectivity index (χ2n) is 6.25. The van der Waals surface area contributed by atoms with Gasteiger partial charge in [-0.1, -0.05) is 37.6 Å². The van der Waals surface area contributed by atoms with Gasteiger partial charge in [-0.2, -0.15) is 0 Å². The maximum absolute atomic E-state index is 4.17. The minimum absolute atomic E-state index is 0.328. The molecular formula is C19H26N2S2. The third kappa shape index (κ3) is 4.80. The number of thioether (sulfide) groups is 2. The first-order valence-electron chi connectivity index (χ1n) is 8.61. The maximum Gasteiger partial charge on any atom is 0.0945 e. The second-order valence-corrected chi connectivity index (χ2v) is 9.47. The van der Waals surface area contributed by atoms with Crippen LogP contribution in [0.15, 0.2) is 43.0 Å². The van der Waals surface area contributed by atoms with E-state index < -0.39 is 0 Å². The standard InChI is InChI=1S/C19H26N2S2/c1-2-4-17-5-7-18(8-6-17)15-19(22-13-3-14-23-19)9-11-21-12-10-20-16-21/h5-8,10,12,16H,2-4,9,11,13-15H2,1H3. The van der Waals surface area contributed by atoms with Gasteiger partial charge in [-0.25, -0.2) is 4.98 Å². The summed E-state index contributed by atoms with van der Waals surface area (Å²) in [5.74, 6) is 2.59. The van der Waals surface area contributed by atoms with Crippen molar-refractivity contribution in [1.29, 1.82) is 0 Å². The van der Waals surface area contributed by atoms with Gasteiger partial charge < -0.3 is 4.57 Å². The molecule has 23 heavy (non-hydrogen) atoms. The zero-order chi connectivity index (χ0) is 16.0. The van der Waals surface area contributed by atoms with Crippen molar-refractivity contribution < 1.29 is 0 Å². The van der Waals surface area contributed by atoms with Gasteiger partial charge in [0.2, 0.25) is 0 Å². The molecule has 4 heteroatoms. The normalized spacial score (nSPS) is 17.3. The second kappa shape index (κ2) is 8.29. The lowest BCUT2D eigenvalue weighted by atomic mass is 10.0. The van der Waals surface area contributed by atoms with Crippen molar-refractivity contribution in [3.8, 4) is 0 Å². The average molecular weight is 347 g/mol. The highest BCUT2D eigenvalue weighted by Crippen LogP contribution is 2.47. The molecular weight excluding hydrogens is 320 g/mol. The topological polar surface area (TPSA) is 17.8 Å². The zero-order valence-electron chi connectivity index (χ0n) is 13.9. The average Bonchev–Trinajstić information content (AvgIpc) is 3.10. The van der Waals surface area contributed by atoms with Gasteiger partial charge >= 0.3 is 0 Å². The summed E-state index contributed by atoms with van der Waals surface area (Å²) in [6.45, 7) is 3.31. The van der Waals surface area contributed by atoms with Crippen molar-refractivity contribution >= 4 is 23.5 Å². The molecule has 1 fully saturated rings. The fraction of sp³-hybridized carbons (Fsp3) is 0.526. The molecule has 3 rings (SSSR count). The predicted molar refractivity (Wildman–Crippen MR) is 103 cm³/mol. The van der Waals surface area contributed by atoms with E-state index in [2.05, 4.69) is 70.5 Å². The molecule has 2 nitrogen and oxygen atoms in total. The lowest BCUT2D eigenvalue weighted by molar-refractivity contribution is 0.592. The van der Waals surface area contributed by atoms with E-state index in [1.54, 1.807) is 0 Å². The molecule has 124 valence electrons. The van der Waals surface area contributed by atoms with Gasteiger partial charge in [0, 0.05) is 18.9 Å². The van der Waals surface area contributed by atoms with E-state index in [1.807, 2.05) is 12.5 Å². The fourth-order valence-electron chi connectivity index (χ4n) is 3.09. The van der Waals surface area contributed by atoms with Gasteiger partial charge in [0.05, 0.1) is 10.4 Å². The Kier molecular flexibility index (Phi) is 6.12. The number of hydrogen-bond acceptors (Lipinski definition) is 3. The molecule has 0 bridgehead atoms. The highest BCUT2D eigenvalue weighted by atomic mass is 32.2. The Morgan fingerprint density at radius 3 is 2.52 bits per heavy atom. The van der Waals surface area contributed by atoms with E-state index in [9.17, 15) is 0 Å². The third-order valence-corrected chi connectivity index (χ3v) is 7.81. The molecule has 0 amide bonds. The molecule has 1 aromatic carbocycles. The van der Waals surface area contributed by atoms with Crippen molar-refractivity contribution in [2.24, 2.45) is 0 Å². The number of rotatable bonds is 7. The van der Waals surface area contributed by atoms with Crippen LogP contribution >= 0.6 is 23.5 Å². The van der Waals surface area contributed by atoms with Crippen LogP contribution in [-0.2, 0) is 19.4 Å². The zero-order valence-corrected chi connectivity index (χ0v) is 15.5. The predicted octanol–water partition coefficient (Wildman–Crippen LogP) is 5.03. The van der Waals surface area contributed by atoms with Crippen molar-refractivity contribution in [2.75, 3.05) is 11.5 Å². The van der Waals surface area contributed by atoms with Gasteiger partial charge in [-0.05, 0) is 48.3 Å². The van der Waals surface area contributed by atoms with Crippen LogP contribution in [0.5, 0.6) is 0 Å². The molecule has 0 spiro atoms. The van der Waals surface area contributed by atoms with Crippen LogP contribution in [0.25, 0.3) is 0 Å². The Balaban J connectivity index is 1.67. The van der Waals surface area contributed by atoms with Crippen molar-refractivity contribution in [3.63, 3.8) is 0 Å². The Bertz CT molecular complexity index is 572. The molecule has 1 aliphatic heterocycles. The number of benzene rings is 1. The Hall–Kier alpha value is -0.870. The largest absolute Gasteiger partial charge is 0.337 e. The van der Waals surface area contributed by atoms with Crippen LogP contribution < -0.4 is 0 Å². The molecule has 1 saturated heterocycles. The highest BCUT2D eigenvalue weighted by molar-refractivity contribution is 8.18. The molecule has 0 atom stereocenters. The summed E-state index contributed by atoms with van der Waals surface area (Å²) in [4.78, 5) is 4.17. The molecule has 0 aliphatic carbocycles. The number of aryl methyl sites for hydroxylation is 2. The Morgan fingerprint density at radius 1 is 1.13 bits per heavy atom. The van der Waals surface area contributed by atoms with Crippen molar-refractivity contribution in [3.05, 3.63) is 54.1 Å². The van der Waals surface area contributed by atoms with Crippen LogP contribution in [0.2, 0.25) is 0 Å². The first-order valence-corrected chi connectivity index (χ1v) is 10.6. The summed E-state index contributed by atoms with van der Waals surface area (Å²) >= 11 is 4.34. The van der Waals surface area contributed by atoms with E-state index >= 15 is 0 Å². The summed E-state index contributed by atoms with van der Waals surface area (Å²) in [5, 5.41) is 0. The van der Waals surface area contributed by atoms with Crippen LogP contribution in [-0.4, -0.2) is 25.1 Å². The fourth-order valence-corrected chi connectivity index (χ4v) is 6.44. The monoisotopic (exact) mass is 346 g/mol. The van der Waals surface area contributed by atoms with Gasteiger partial charge in [0.15, 0.2) is 0 Å². The van der Waals surface area contributed by atoms with E-state index in [1.165, 1.54) is 54.7 Å². The number of imidazole rings is 1. The molecule has 1 aromatic heterocycles. The van der Waals surface area contributed by atoms with Crippen LogP contribution in [0.1, 0.15) is 37.3 Å². The molecule has 0 saturated carbocycles. The van der Waals surface area contributed by atoms with E-state index in [-0.39, 0.29) is 0 Å². The molecule has 0 unspecified atom stereocenters. The molecule has 0 N–H and O–H groups in total. The van der Waals surface area contributed by atoms with Gasteiger partial charge in [-0.15, -0.1) is 23.5 Å². The first-order chi connectivity index (χ1) is 11.3. The lowest BCUT2D eigenvalue weighted by Gasteiger charge is -2.36. The van der Waals surface area contributed by atoms with E-state index in [4.69, 9.17) is 0 Å². The Labute approximate surface area is 148 Å². The summed E-state index contributed by atoms with van der Waals surface area (Å²) in [6, 6.07) is 9.33. The molecule has 2 aromatic rings. The molecule has 0 radical (unpaired) electrons. The third-order valence-electron chi connectivity index (χ3n) is 4.36. The number of aromatic nitrogens is 2. The summed E-state index contributed by atoms with van der Waals surface area (Å²) in [6.07, 6.45) is 12.0. The minimum atomic E-state index is 0.328. The van der Waals surface area contributed by atoms with Gasteiger partial charge in [-0.3, -0.25) is 0 Å². The smallest absolute Gasteiger partial charge is 0.0945 e. The number of nitrogens with zero attached hydrogens (tertiary/aromatic N) is 2. The van der Waals surface area contributed by atoms with Crippen LogP contribution in [0, 0.1) is 0 Å². The van der Waals surface area contributed by atoms with E-state index in [0.717, 1.165) is 6.54 Å². The maximum atomic E-state index is 4.17. The minimum Gasteiger partial charge on any atom is -0.337 e. The summed E-state index contributed by atoms with van der Waals surface area (Å²) < 4.78 is 2.54. The summed E-state index contributed by atoms with van der Waals surface area (Å²) in [7, 11) is 0. The molecule has 2 heterocycles. The SMILES string of the molecule is CCCc1ccc(CC2(CCn3ccnc3)SCCCS2)cc1. The lowest BCUT2D eigenvalue weighted by Crippen LogP contribution is -2.29.